The minimum Gasteiger partial charge on any atom is -0.465 e. The molecule has 1 atom stereocenters. The van der Waals surface area contributed by atoms with Crippen molar-refractivity contribution < 1.29 is 12.8 Å². The van der Waals surface area contributed by atoms with Gasteiger partial charge in [-0.25, -0.2) is 13.4 Å². The Morgan fingerprint density at radius 2 is 1.96 bits per heavy atom. The van der Waals surface area contributed by atoms with Gasteiger partial charge in [0.05, 0.1) is 6.04 Å². The van der Waals surface area contributed by atoms with Crippen LogP contribution in [0.2, 0.25) is 0 Å². The van der Waals surface area contributed by atoms with Crippen LogP contribution in [0.3, 0.4) is 0 Å². The van der Waals surface area contributed by atoms with E-state index >= 15 is 0 Å². The Morgan fingerprint density at radius 1 is 1.22 bits per heavy atom. The van der Waals surface area contributed by atoms with Crippen LogP contribution in [0, 0.1) is 13.8 Å². The first-order valence-corrected chi connectivity index (χ1v) is 9.37. The Kier molecular flexibility index (Phi) is 4.34. The van der Waals surface area contributed by atoms with Crippen LogP contribution in [0.4, 0.5) is 0 Å². The molecule has 2 heterocycles. The third kappa shape index (κ3) is 3.36. The molecule has 0 radical (unpaired) electrons. The fraction of sp³-hybridized carbons (Fsp3) is 0.188. The first-order chi connectivity index (χ1) is 11.0. The van der Waals surface area contributed by atoms with Gasteiger partial charge in [0.15, 0.2) is 0 Å². The zero-order valence-electron chi connectivity index (χ0n) is 12.7. The Hall–Kier alpha value is -1.96. The van der Waals surface area contributed by atoms with E-state index in [0.29, 0.717) is 16.5 Å². The lowest BCUT2D eigenvalue weighted by Gasteiger charge is -2.16. The van der Waals surface area contributed by atoms with Gasteiger partial charge in [-0.15, -0.1) is 11.3 Å². The molecule has 120 valence electrons. The van der Waals surface area contributed by atoms with Crippen LogP contribution >= 0.6 is 11.3 Å². The number of nitrogens with zero attached hydrogens (tertiary/aromatic N) is 1. The second kappa shape index (κ2) is 6.27. The highest BCUT2D eigenvalue weighted by atomic mass is 32.2. The van der Waals surface area contributed by atoms with E-state index in [1.165, 1.54) is 17.4 Å². The number of aromatic nitrogens is 1. The third-order valence-electron chi connectivity index (χ3n) is 3.39. The molecule has 0 unspecified atom stereocenters. The molecule has 1 N–H and O–H groups in total. The van der Waals surface area contributed by atoms with E-state index in [1.54, 1.807) is 20.0 Å². The predicted octanol–water partition coefficient (Wildman–Crippen LogP) is 3.42. The monoisotopic (exact) mass is 348 g/mol. The van der Waals surface area contributed by atoms with Gasteiger partial charge in [-0.2, -0.15) is 4.72 Å². The van der Waals surface area contributed by atoms with Gasteiger partial charge in [0.2, 0.25) is 10.0 Å². The van der Waals surface area contributed by atoms with Crippen LogP contribution in [0.1, 0.15) is 28.1 Å². The largest absolute Gasteiger partial charge is 0.465 e. The molecular formula is C16H16N2O3S2. The average molecular weight is 348 g/mol. The summed E-state index contributed by atoms with van der Waals surface area (Å²) in [6, 6.07) is 10.4. The van der Waals surface area contributed by atoms with Crippen LogP contribution in [0.5, 0.6) is 0 Å². The number of hydrogen-bond donors (Lipinski definition) is 1. The molecule has 0 saturated heterocycles. The van der Waals surface area contributed by atoms with Crippen LogP contribution in [0.15, 0.2) is 57.3 Å². The predicted molar refractivity (Wildman–Crippen MR) is 88.9 cm³/mol. The zero-order valence-corrected chi connectivity index (χ0v) is 14.3. The Morgan fingerprint density at radius 3 is 2.52 bits per heavy atom. The molecule has 5 nitrogen and oxygen atoms in total. The van der Waals surface area contributed by atoms with Crippen molar-refractivity contribution in [2.24, 2.45) is 0 Å². The van der Waals surface area contributed by atoms with Gasteiger partial charge in [0.1, 0.15) is 21.4 Å². The molecular weight excluding hydrogens is 332 g/mol. The summed E-state index contributed by atoms with van der Waals surface area (Å²) in [5.74, 6) is 0.939. The van der Waals surface area contributed by atoms with Gasteiger partial charge in [0, 0.05) is 11.6 Å². The van der Waals surface area contributed by atoms with Crippen molar-refractivity contribution >= 4 is 21.4 Å². The topological polar surface area (TPSA) is 72.2 Å². The number of nitrogens with one attached hydrogen (secondary N) is 1. The summed E-state index contributed by atoms with van der Waals surface area (Å²) in [6.45, 7) is 3.37. The molecule has 3 rings (SSSR count). The summed E-state index contributed by atoms with van der Waals surface area (Å²) in [4.78, 5) is 4.43. The fourth-order valence-corrected chi connectivity index (χ4v) is 4.59. The van der Waals surface area contributed by atoms with Crippen molar-refractivity contribution in [1.82, 2.24) is 9.71 Å². The van der Waals surface area contributed by atoms with Crippen LogP contribution in [0.25, 0.3) is 0 Å². The van der Waals surface area contributed by atoms with Crippen molar-refractivity contribution in [3.63, 3.8) is 0 Å². The lowest BCUT2D eigenvalue weighted by molar-refractivity contribution is 0.495. The molecule has 1 aromatic carbocycles. The fourth-order valence-electron chi connectivity index (χ4n) is 2.38. The second-order valence-corrected chi connectivity index (χ2v) is 7.72. The standard InChI is InChI=1S/C16H16N2O3S2/c1-11-10-14(12(2)21-11)23(19,20)18-15(16-17-8-9-22-16)13-6-4-3-5-7-13/h3-10,15,18H,1-2H3/t15-/m0/s1. The molecule has 3 aromatic rings. The first-order valence-electron chi connectivity index (χ1n) is 7.01. The van der Waals surface area contributed by atoms with Gasteiger partial charge in [-0.1, -0.05) is 30.3 Å². The summed E-state index contributed by atoms with van der Waals surface area (Å²) in [6.07, 6.45) is 1.66. The summed E-state index contributed by atoms with van der Waals surface area (Å²) in [5.41, 5.74) is 0.837. The summed E-state index contributed by atoms with van der Waals surface area (Å²) in [5, 5.41) is 2.52. The maximum atomic E-state index is 12.8. The summed E-state index contributed by atoms with van der Waals surface area (Å²) < 4.78 is 33.6. The van der Waals surface area contributed by atoms with E-state index in [4.69, 9.17) is 4.42 Å². The minimum absolute atomic E-state index is 0.160. The second-order valence-electron chi connectivity index (χ2n) is 5.11. The Labute approximate surface area is 139 Å². The number of aryl methyl sites for hydroxylation is 2. The lowest BCUT2D eigenvalue weighted by Crippen LogP contribution is -2.29. The molecule has 0 aliphatic rings. The highest BCUT2D eigenvalue weighted by Crippen LogP contribution is 2.27. The van der Waals surface area contributed by atoms with E-state index in [-0.39, 0.29) is 4.90 Å². The number of furan rings is 1. The summed E-state index contributed by atoms with van der Waals surface area (Å²) >= 11 is 1.41. The molecule has 23 heavy (non-hydrogen) atoms. The normalized spacial score (nSPS) is 13.1. The summed E-state index contributed by atoms with van der Waals surface area (Å²) in [7, 11) is -3.72. The highest BCUT2D eigenvalue weighted by molar-refractivity contribution is 7.89. The van der Waals surface area contributed by atoms with Gasteiger partial charge in [-0.3, -0.25) is 0 Å². The van der Waals surface area contributed by atoms with Crippen molar-refractivity contribution in [3.05, 3.63) is 70.1 Å². The molecule has 0 bridgehead atoms. The Balaban J connectivity index is 2.01. The van der Waals surface area contributed by atoms with Crippen LogP contribution in [-0.2, 0) is 10.0 Å². The average Bonchev–Trinajstić information content (AvgIpc) is 3.15. The van der Waals surface area contributed by atoms with E-state index in [0.717, 1.165) is 5.56 Å². The van der Waals surface area contributed by atoms with Crippen LogP contribution in [-0.4, -0.2) is 13.4 Å². The molecule has 0 aliphatic heterocycles. The SMILES string of the molecule is Cc1cc(S(=O)(=O)N[C@@H](c2ccccc2)c2nccs2)c(C)o1. The number of thiazole rings is 1. The molecule has 2 aromatic heterocycles. The van der Waals surface area contributed by atoms with E-state index in [1.807, 2.05) is 35.7 Å². The van der Waals surface area contributed by atoms with E-state index < -0.39 is 16.1 Å². The zero-order chi connectivity index (χ0) is 16.4. The quantitative estimate of drug-likeness (QED) is 0.767. The van der Waals surface area contributed by atoms with E-state index in [9.17, 15) is 8.42 Å². The molecule has 0 saturated carbocycles. The molecule has 0 spiro atoms. The maximum Gasteiger partial charge on any atom is 0.244 e. The minimum atomic E-state index is -3.72. The molecule has 0 fully saturated rings. The van der Waals surface area contributed by atoms with Crippen LogP contribution < -0.4 is 4.72 Å². The van der Waals surface area contributed by atoms with Crippen molar-refractivity contribution in [3.8, 4) is 0 Å². The van der Waals surface area contributed by atoms with Gasteiger partial charge in [-0.05, 0) is 25.5 Å². The molecule has 0 aliphatic carbocycles. The first kappa shape index (κ1) is 15.9. The number of hydrogen-bond acceptors (Lipinski definition) is 5. The lowest BCUT2D eigenvalue weighted by atomic mass is 10.1. The highest BCUT2D eigenvalue weighted by Gasteiger charge is 2.27. The van der Waals surface area contributed by atoms with Crippen molar-refractivity contribution in [1.29, 1.82) is 0 Å². The molecule has 0 amide bonds. The van der Waals surface area contributed by atoms with Gasteiger partial charge in [0.25, 0.3) is 0 Å². The van der Waals surface area contributed by atoms with Crippen molar-refractivity contribution in [2.75, 3.05) is 0 Å². The number of benzene rings is 1. The third-order valence-corrected chi connectivity index (χ3v) is 5.76. The van der Waals surface area contributed by atoms with Gasteiger partial charge >= 0.3 is 0 Å². The van der Waals surface area contributed by atoms with Crippen molar-refractivity contribution in [2.45, 2.75) is 24.8 Å². The maximum absolute atomic E-state index is 12.8. The van der Waals surface area contributed by atoms with Gasteiger partial charge < -0.3 is 4.42 Å². The number of sulfonamides is 1. The molecule has 7 heteroatoms. The smallest absolute Gasteiger partial charge is 0.244 e. The van der Waals surface area contributed by atoms with E-state index in [2.05, 4.69) is 9.71 Å². The Bertz CT molecular complexity index is 885. The number of rotatable bonds is 5.